The first-order chi connectivity index (χ1) is 18.3. The lowest BCUT2D eigenvalue weighted by atomic mass is 10.1. The first kappa shape index (κ1) is 26.5. The largest absolute Gasteiger partial charge is 0.573 e. The molecule has 0 unspecified atom stereocenters. The topological polar surface area (TPSA) is 91.8 Å². The van der Waals surface area contributed by atoms with Crippen LogP contribution in [0.1, 0.15) is 12.0 Å². The highest BCUT2D eigenvalue weighted by Crippen LogP contribution is 2.44. The predicted molar refractivity (Wildman–Crippen MR) is 127 cm³/mol. The van der Waals surface area contributed by atoms with Gasteiger partial charge in [0.05, 0.1) is 11.8 Å². The van der Waals surface area contributed by atoms with Crippen LogP contribution in [0.15, 0.2) is 46.0 Å². The second-order valence-corrected chi connectivity index (χ2v) is 9.34. The summed E-state index contributed by atoms with van der Waals surface area (Å²) in [7, 11) is 0. The second-order valence-electron chi connectivity index (χ2n) is 8.34. The van der Waals surface area contributed by atoms with E-state index in [0.717, 1.165) is 22.0 Å². The lowest BCUT2D eigenvalue weighted by Crippen LogP contribution is -2.31. The third-order valence-corrected chi connectivity index (χ3v) is 7.05. The van der Waals surface area contributed by atoms with Crippen LogP contribution in [0.25, 0.3) is 20.7 Å². The number of fused-ring (bicyclic) bond motifs is 2. The Bertz CT molecular complexity index is 1690. The van der Waals surface area contributed by atoms with E-state index >= 15 is 0 Å². The average Bonchev–Trinajstić information content (AvgIpc) is 3.42. The van der Waals surface area contributed by atoms with Gasteiger partial charge in [-0.1, -0.05) is 0 Å². The van der Waals surface area contributed by atoms with Gasteiger partial charge in [-0.15, -0.1) is 24.5 Å². The van der Waals surface area contributed by atoms with Gasteiger partial charge in [0.2, 0.25) is 6.79 Å². The first-order valence-corrected chi connectivity index (χ1v) is 11.9. The number of rotatable bonds is 6. The smallest absolute Gasteiger partial charge is 0.454 e. The number of H-pyrrole nitrogens is 1. The maximum Gasteiger partial charge on any atom is 0.573 e. The van der Waals surface area contributed by atoms with Crippen molar-refractivity contribution in [3.63, 3.8) is 0 Å². The van der Waals surface area contributed by atoms with Gasteiger partial charge < -0.3 is 18.9 Å². The summed E-state index contributed by atoms with van der Waals surface area (Å²) in [6.45, 7) is 0.709. The maximum atomic E-state index is 13.3. The van der Waals surface area contributed by atoms with E-state index in [0.29, 0.717) is 11.5 Å². The van der Waals surface area contributed by atoms with Gasteiger partial charge in [-0.3, -0.25) is 14.3 Å². The molecule has 0 fully saturated rings. The molecule has 0 saturated heterocycles. The summed E-state index contributed by atoms with van der Waals surface area (Å²) in [6.07, 6.45) is -11.0. The Morgan fingerprint density at radius 3 is 2.46 bits per heavy atom. The molecule has 0 bridgehead atoms. The van der Waals surface area contributed by atoms with Gasteiger partial charge in [-0.2, -0.15) is 13.2 Å². The molecule has 0 saturated carbocycles. The fourth-order valence-electron chi connectivity index (χ4n) is 4.00. The second kappa shape index (κ2) is 9.55. The third kappa shape index (κ3) is 5.53. The van der Waals surface area contributed by atoms with Gasteiger partial charge in [-0.05, 0) is 48.4 Å². The Labute approximate surface area is 217 Å². The summed E-state index contributed by atoms with van der Waals surface area (Å²) in [6, 6.07) is 8.05. The van der Waals surface area contributed by atoms with Gasteiger partial charge >= 0.3 is 18.2 Å². The quantitative estimate of drug-likeness (QED) is 0.280. The van der Waals surface area contributed by atoms with Crippen molar-refractivity contribution in [2.75, 3.05) is 6.79 Å². The fourth-order valence-corrected chi connectivity index (χ4v) is 5.32. The highest BCUT2D eigenvalue weighted by atomic mass is 32.1. The standard InChI is InChI=1S/C24H16F6N2O6S/c1-11-18-20(33)31-22(34)32(7-6-23(25,26)27)21(18)39-19(11)12-2-4-15(17(8-12)38-24(28,29)30)37-13-3-5-14-16(9-13)36-10-35-14/h2-5,8-9H,6-7,10H2,1H3,(H,31,33,34). The molecule has 1 N–H and O–H groups in total. The summed E-state index contributed by atoms with van der Waals surface area (Å²) in [5.41, 5.74) is -1.44. The zero-order valence-corrected chi connectivity index (χ0v) is 20.5. The van der Waals surface area contributed by atoms with Gasteiger partial charge in [0.1, 0.15) is 10.6 Å². The van der Waals surface area contributed by atoms with Crippen LogP contribution < -0.4 is 30.2 Å². The highest BCUT2D eigenvalue weighted by Gasteiger charge is 2.33. The maximum absolute atomic E-state index is 13.3. The van der Waals surface area contributed by atoms with E-state index in [1.54, 1.807) is 0 Å². The van der Waals surface area contributed by atoms with Crippen molar-refractivity contribution in [1.29, 1.82) is 0 Å². The van der Waals surface area contributed by atoms with E-state index in [1.807, 2.05) is 4.98 Å². The molecule has 1 aliphatic rings. The Balaban J connectivity index is 1.58. The number of hydrogen-bond acceptors (Lipinski definition) is 7. The average molecular weight is 574 g/mol. The summed E-state index contributed by atoms with van der Waals surface area (Å²) < 4.78 is 99.3. The summed E-state index contributed by atoms with van der Waals surface area (Å²) in [5.74, 6) is -0.0951. The predicted octanol–water partition coefficient (Wildman–Crippen LogP) is 6.10. The summed E-state index contributed by atoms with van der Waals surface area (Å²) in [4.78, 5) is 27.0. The highest BCUT2D eigenvalue weighted by molar-refractivity contribution is 7.22. The van der Waals surface area contributed by atoms with Crippen LogP contribution in [0.4, 0.5) is 26.3 Å². The Morgan fingerprint density at radius 1 is 1.00 bits per heavy atom. The zero-order valence-electron chi connectivity index (χ0n) is 19.7. The number of aryl methyl sites for hydroxylation is 2. The minimum Gasteiger partial charge on any atom is -0.454 e. The van der Waals surface area contributed by atoms with E-state index in [9.17, 15) is 35.9 Å². The van der Waals surface area contributed by atoms with Crippen LogP contribution in [0.5, 0.6) is 28.7 Å². The Hall–Kier alpha value is -4.14. The van der Waals surface area contributed by atoms with E-state index in [1.165, 1.54) is 37.3 Å². The number of hydrogen-bond donors (Lipinski definition) is 1. The molecule has 0 atom stereocenters. The number of halogens is 6. The molecular weight excluding hydrogens is 558 g/mol. The lowest BCUT2D eigenvalue weighted by Gasteiger charge is -2.15. The van der Waals surface area contributed by atoms with Crippen LogP contribution in [0.3, 0.4) is 0 Å². The minimum absolute atomic E-state index is 0.0166. The van der Waals surface area contributed by atoms with Gasteiger partial charge in [0.25, 0.3) is 5.56 Å². The first-order valence-electron chi connectivity index (χ1n) is 11.1. The molecule has 39 heavy (non-hydrogen) atoms. The van der Waals surface area contributed by atoms with E-state index in [2.05, 4.69) is 4.74 Å². The van der Waals surface area contributed by atoms with Crippen molar-refractivity contribution in [3.05, 3.63) is 62.8 Å². The molecule has 4 aromatic rings. The fraction of sp³-hybridized carbons (Fsp3) is 0.250. The monoisotopic (exact) mass is 574 g/mol. The molecule has 0 aliphatic carbocycles. The summed E-state index contributed by atoms with van der Waals surface area (Å²) in [5, 5.41) is -0.0456. The third-order valence-electron chi connectivity index (χ3n) is 5.69. The van der Waals surface area contributed by atoms with Crippen molar-refractivity contribution in [2.45, 2.75) is 32.4 Å². The normalized spacial score (nSPS) is 13.2. The molecule has 2 aromatic heterocycles. The molecule has 2 aromatic carbocycles. The molecule has 1 aliphatic heterocycles. The van der Waals surface area contributed by atoms with E-state index in [-0.39, 0.29) is 44.5 Å². The number of alkyl halides is 6. The number of thiophene rings is 1. The molecule has 0 radical (unpaired) electrons. The van der Waals surface area contributed by atoms with Gasteiger partial charge in [-0.25, -0.2) is 4.79 Å². The lowest BCUT2D eigenvalue weighted by molar-refractivity contribution is -0.275. The summed E-state index contributed by atoms with van der Waals surface area (Å²) >= 11 is 0.800. The van der Waals surface area contributed by atoms with Gasteiger partial charge in [0, 0.05) is 17.5 Å². The van der Waals surface area contributed by atoms with Crippen molar-refractivity contribution in [3.8, 4) is 39.2 Å². The van der Waals surface area contributed by atoms with E-state index in [4.69, 9.17) is 14.2 Å². The van der Waals surface area contributed by atoms with Crippen LogP contribution in [-0.2, 0) is 6.54 Å². The number of benzene rings is 2. The minimum atomic E-state index is -5.09. The number of ether oxygens (including phenoxy) is 4. The molecule has 8 nitrogen and oxygen atoms in total. The number of nitrogens with one attached hydrogen (secondary N) is 1. The Morgan fingerprint density at radius 2 is 1.74 bits per heavy atom. The van der Waals surface area contributed by atoms with Crippen LogP contribution in [0, 0.1) is 6.92 Å². The molecular formula is C24H16F6N2O6S. The van der Waals surface area contributed by atoms with Crippen molar-refractivity contribution in [2.24, 2.45) is 0 Å². The van der Waals surface area contributed by atoms with Crippen molar-refractivity contribution in [1.82, 2.24) is 9.55 Å². The van der Waals surface area contributed by atoms with E-state index < -0.39 is 42.5 Å². The number of nitrogens with zero attached hydrogens (tertiary/aromatic N) is 1. The number of aromatic amines is 1. The van der Waals surface area contributed by atoms with Crippen LogP contribution in [-0.4, -0.2) is 28.9 Å². The molecule has 5 rings (SSSR count). The van der Waals surface area contributed by atoms with Crippen LogP contribution in [0.2, 0.25) is 0 Å². The zero-order chi connectivity index (χ0) is 28.1. The molecule has 206 valence electrons. The number of aromatic nitrogens is 2. The van der Waals surface area contributed by atoms with Crippen molar-refractivity contribution < 1.29 is 45.3 Å². The molecule has 15 heteroatoms. The van der Waals surface area contributed by atoms with Crippen molar-refractivity contribution >= 4 is 21.6 Å². The van der Waals surface area contributed by atoms with Gasteiger partial charge in [0.15, 0.2) is 23.0 Å². The molecule has 3 heterocycles. The molecule has 0 spiro atoms. The molecule has 0 amide bonds. The van der Waals surface area contributed by atoms with Crippen LogP contribution >= 0.6 is 11.3 Å². The SMILES string of the molecule is Cc1c(-c2ccc(Oc3ccc4c(c3)OCO4)c(OC(F)(F)F)c2)sc2c1c(=O)[nH]c(=O)n2CCC(F)(F)F. The Kier molecular flexibility index (Phi) is 6.48.